The SMILES string of the molecule is C=CCC/C=C/CNC(/C=C/C(C)=N\OC)CO.SC1=CCCC=C1. The Balaban J connectivity index is 0.000000676. The smallest absolute Gasteiger partial charge is 0.106 e. The molecule has 1 aliphatic carbocycles. The van der Waals surface area contributed by atoms with Gasteiger partial charge in [-0.3, -0.25) is 0 Å². The number of hydrogen-bond donors (Lipinski definition) is 3. The number of aliphatic hydroxyl groups is 1. The van der Waals surface area contributed by atoms with Crippen LogP contribution >= 0.6 is 12.6 Å². The fourth-order valence-corrected chi connectivity index (χ4v) is 2.09. The average molecular weight is 365 g/mol. The summed E-state index contributed by atoms with van der Waals surface area (Å²) < 4.78 is 0. The van der Waals surface area contributed by atoms with Gasteiger partial charge in [0.1, 0.15) is 7.11 Å². The number of nitrogens with zero attached hydrogens (tertiary/aromatic N) is 1. The van der Waals surface area contributed by atoms with Crippen LogP contribution in [0, 0.1) is 0 Å². The molecule has 1 unspecified atom stereocenters. The molecule has 1 rings (SSSR count). The highest BCUT2D eigenvalue weighted by Crippen LogP contribution is 2.11. The number of aliphatic hydroxyl groups excluding tert-OH is 1. The molecule has 0 spiro atoms. The highest BCUT2D eigenvalue weighted by atomic mass is 32.1. The third-order valence-corrected chi connectivity index (χ3v) is 3.51. The molecule has 1 atom stereocenters. The number of oxime groups is 1. The molecule has 0 saturated heterocycles. The molecule has 4 nitrogen and oxygen atoms in total. The standard InChI is InChI=1S/C14H24N2O2.C6H8S/c1-4-5-6-7-8-11-15-14(12-17)10-9-13(2)16-18-3;7-6-4-2-1-3-5-6/h4,7-10,14-15,17H,1,5-6,11-12H2,2-3H3;2,4-5,7H,1,3H2/b8-7+,10-9+,16-13-;. The Bertz CT molecular complexity index is 494. The van der Waals surface area contributed by atoms with Gasteiger partial charge in [0.15, 0.2) is 0 Å². The molecule has 5 heteroatoms. The maximum Gasteiger partial charge on any atom is 0.106 e. The van der Waals surface area contributed by atoms with Crippen LogP contribution in [-0.4, -0.2) is 37.1 Å². The maximum atomic E-state index is 9.19. The Morgan fingerprint density at radius 1 is 1.44 bits per heavy atom. The largest absolute Gasteiger partial charge is 0.399 e. The molecule has 0 amide bonds. The number of rotatable bonds is 10. The Labute approximate surface area is 158 Å². The second-order valence-corrected chi connectivity index (χ2v) is 5.93. The van der Waals surface area contributed by atoms with Crippen LogP contribution in [-0.2, 0) is 4.84 Å². The predicted molar refractivity (Wildman–Crippen MR) is 112 cm³/mol. The number of allylic oxidation sites excluding steroid dienone is 6. The van der Waals surface area contributed by atoms with Crippen molar-refractivity contribution >= 4 is 18.3 Å². The molecular formula is C20H32N2O2S. The first kappa shape index (κ1) is 23.4. The minimum absolute atomic E-state index is 0.0528. The van der Waals surface area contributed by atoms with Crippen molar-refractivity contribution in [3.05, 3.63) is 60.1 Å². The summed E-state index contributed by atoms with van der Waals surface area (Å²) in [5.74, 6) is 0. The molecule has 0 heterocycles. The monoisotopic (exact) mass is 364 g/mol. The van der Waals surface area contributed by atoms with Gasteiger partial charge in [0.2, 0.25) is 0 Å². The predicted octanol–water partition coefficient (Wildman–Crippen LogP) is 4.19. The van der Waals surface area contributed by atoms with E-state index in [1.807, 2.05) is 31.2 Å². The fourth-order valence-electron chi connectivity index (χ4n) is 1.86. The van der Waals surface area contributed by atoms with Crippen molar-refractivity contribution in [1.82, 2.24) is 5.32 Å². The number of unbranched alkanes of at least 4 members (excludes halogenated alkanes) is 1. The van der Waals surface area contributed by atoms with Gasteiger partial charge in [-0.1, -0.05) is 47.7 Å². The van der Waals surface area contributed by atoms with E-state index in [4.69, 9.17) is 0 Å². The topological polar surface area (TPSA) is 53.9 Å². The number of thiol groups is 1. The van der Waals surface area contributed by atoms with E-state index < -0.39 is 0 Å². The molecular weight excluding hydrogens is 332 g/mol. The average Bonchev–Trinajstić information content (AvgIpc) is 2.62. The summed E-state index contributed by atoms with van der Waals surface area (Å²) in [5.41, 5.74) is 0.763. The van der Waals surface area contributed by atoms with Gasteiger partial charge in [0.25, 0.3) is 0 Å². The van der Waals surface area contributed by atoms with Crippen molar-refractivity contribution in [2.45, 2.75) is 38.6 Å². The summed E-state index contributed by atoms with van der Waals surface area (Å²) in [5, 5.41) is 16.1. The first-order valence-corrected chi connectivity index (χ1v) is 9.00. The lowest BCUT2D eigenvalue weighted by atomic mass is 10.2. The Hall–Kier alpha value is -1.56. The first-order chi connectivity index (χ1) is 12.1. The molecule has 0 aliphatic heterocycles. The van der Waals surface area contributed by atoms with Gasteiger partial charge in [0.05, 0.1) is 12.3 Å². The lowest BCUT2D eigenvalue weighted by molar-refractivity contribution is 0.213. The van der Waals surface area contributed by atoms with E-state index in [-0.39, 0.29) is 12.6 Å². The highest BCUT2D eigenvalue weighted by Gasteiger charge is 1.99. The zero-order valence-corrected chi connectivity index (χ0v) is 16.3. The van der Waals surface area contributed by atoms with E-state index in [1.165, 1.54) is 13.5 Å². The van der Waals surface area contributed by atoms with Crippen LogP contribution in [0.15, 0.2) is 65.2 Å². The van der Waals surface area contributed by atoms with Crippen LogP contribution in [0.25, 0.3) is 0 Å². The Kier molecular flexibility index (Phi) is 16.2. The van der Waals surface area contributed by atoms with E-state index in [2.05, 4.69) is 58.8 Å². The van der Waals surface area contributed by atoms with Gasteiger partial charge >= 0.3 is 0 Å². The van der Waals surface area contributed by atoms with Crippen LogP contribution < -0.4 is 5.32 Å². The van der Waals surface area contributed by atoms with Gasteiger partial charge < -0.3 is 15.3 Å². The molecule has 0 aromatic carbocycles. The molecule has 25 heavy (non-hydrogen) atoms. The maximum absolute atomic E-state index is 9.19. The normalized spacial score (nSPS) is 15.7. The van der Waals surface area contributed by atoms with E-state index in [1.54, 1.807) is 0 Å². The van der Waals surface area contributed by atoms with Crippen LogP contribution in [0.4, 0.5) is 0 Å². The molecule has 0 fully saturated rings. The summed E-state index contributed by atoms with van der Waals surface area (Å²) >= 11 is 4.14. The lowest BCUT2D eigenvalue weighted by Crippen LogP contribution is -2.30. The second-order valence-electron chi connectivity index (χ2n) is 5.42. The fraction of sp³-hybridized carbons (Fsp3) is 0.450. The molecule has 2 N–H and O–H groups in total. The van der Waals surface area contributed by atoms with Crippen molar-refractivity contribution in [1.29, 1.82) is 0 Å². The lowest BCUT2D eigenvalue weighted by Gasteiger charge is -2.09. The molecule has 0 saturated carbocycles. The molecule has 0 aromatic rings. The van der Waals surface area contributed by atoms with Crippen molar-refractivity contribution in [3.8, 4) is 0 Å². The minimum Gasteiger partial charge on any atom is -0.399 e. The Morgan fingerprint density at radius 2 is 2.24 bits per heavy atom. The quantitative estimate of drug-likeness (QED) is 0.179. The molecule has 0 bridgehead atoms. The summed E-state index contributed by atoms with van der Waals surface area (Å²) in [4.78, 5) is 5.74. The van der Waals surface area contributed by atoms with Crippen LogP contribution in [0.1, 0.15) is 32.6 Å². The minimum atomic E-state index is -0.0731. The van der Waals surface area contributed by atoms with Crippen LogP contribution in [0.2, 0.25) is 0 Å². The first-order valence-electron chi connectivity index (χ1n) is 8.55. The highest BCUT2D eigenvalue weighted by molar-refractivity contribution is 7.84. The summed E-state index contributed by atoms with van der Waals surface area (Å²) in [6.07, 6.45) is 20.4. The Morgan fingerprint density at radius 3 is 2.76 bits per heavy atom. The summed E-state index contributed by atoms with van der Waals surface area (Å²) in [6, 6.07) is -0.0731. The van der Waals surface area contributed by atoms with Crippen molar-refractivity contribution < 1.29 is 9.94 Å². The molecule has 1 aliphatic rings. The molecule has 0 radical (unpaired) electrons. The third-order valence-electron chi connectivity index (χ3n) is 3.18. The summed E-state index contributed by atoms with van der Waals surface area (Å²) in [6.45, 7) is 6.28. The second kappa shape index (κ2) is 17.3. The van der Waals surface area contributed by atoms with Crippen molar-refractivity contribution in [2.24, 2.45) is 5.16 Å². The molecule has 0 aromatic heterocycles. The zero-order chi connectivity index (χ0) is 18.8. The van der Waals surface area contributed by atoms with Gasteiger partial charge in [-0.05, 0) is 43.6 Å². The zero-order valence-electron chi connectivity index (χ0n) is 15.4. The van der Waals surface area contributed by atoms with Crippen LogP contribution in [0.5, 0.6) is 0 Å². The van der Waals surface area contributed by atoms with Crippen molar-refractivity contribution in [2.75, 3.05) is 20.3 Å². The van der Waals surface area contributed by atoms with E-state index in [9.17, 15) is 5.11 Å². The number of nitrogens with one attached hydrogen (secondary N) is 1. The van der Waals surface area contributed by atoms with Gasteiger partial charge in [-0.15, -0.1) is 19.2 Å². The van der Waals surface area contributed by atoms with Gasteiger partial charge in [0, 0.05) is 12.6 Å². The van der Waals surface area contributed by atoms with E-state index in [0.717, 1.165) is 36.4 Å². The molecule has 140 valence electrons. The van der Waals surface area contributed by atoms with Gasteiger partial charge in [-0.25, -0.2) is 0 Å². The number of hydrogen-bond acceptors (Lipinski definition) is 5. The summed E-state index contributed by atoms with van der Waals surface area (Å²) in [7, 11) is 1.51. The van der Waals surface area contributed by atoms with E-state index in [0.29, 0.717) is 0 Å². The van der Waals surface area contributed by atoms with Gasteiger partial charge in [-0.2, -0.15) is 0 Å². The van der Waals surface area contributed by atoms with Crippen molar-refractivity contribution in [3.63, 3.8) is 0 Å². The third kappa shape index (κ3) is 15.7. The van der Waals surface area contributed by atoms with Crippen LogP contribution in [0.3, 0.4) is 0 Å². The van der Waals surface area contributed by atoms with E-state index >= 15 is 0 Å².